The zero-order valence-corrected chi connectivity index (χ0v) is 12.8. The van der Waals surface area contributed by atoms with Crippen LogP contribution in [0.1, 0.15) is 37.6 Å². The lowest BCUT2D eigenvalue weighted by atomic mass is 10.1. The van der Waals surface area contributed by atoms with Gasteiger partial charge in [-0.3, -0.25) is 4.79 Å². The van der Waals surface area contributed by atoms with Crippen LogP contribution in [0, 0.1) is 0 Å². The Bertz CT molecular complexity index is 361. The summed E-state index contributed by atoms with van der Waals surface area (Å²) in [5.74, 6) is 1.02. The van der Waals surface area contributed by atoms with Crippen molar-refractivity contribution in [2.75, 3.05) is 26.2 Å². The molecule has 4 heteroatoms. The maximum atomic E-state index is 12.0. The summed E-state index contributed by atoms with van der Waals surface area (Å²) in [5.41, 5.74) is 0.769. The van der Waals surface area contributed by atoms with Gasteiger partial charge < -0.3 is 9.64 Å². The number of hydrogen-bond donors (Lipinski definition) is 0. The zero-order valence-electron chi connectivity index (χ0n) is 12.0. The predicted octanol–water partition coefficient (Wildman–Crippen LogP) is 3.42. The van der Waals surface area contributed by atoms with Gasteiger partial charge in [0.25, 0.3) is 0 Å². The molecule has 0 aliphatic rings. The number of carbonyl (C=O) groups excluding carboxylic acids is 1. The van der Waals surface area contributed by atoms with E-state index in [9.17, 15) is 4.79 Å². The molecule has 0 bridgehead atoms. The number of rotatable bonds is 8. The normalized spacial score (nSPS) is 10.1. The maximum absolute atomic E-state index is 12.0. The molecule has 19 heavy (non-hydrogen) atoms. The standard InChI is InChI=1S/C15H23NO2.ClH/c1-4-16(5-2)12-11-15(17)13-7-9-14(10-8-13)18-6-3;/h7-10H,4-6,11-12H2,1-3H3;1H. The molecule has 1 aromatic carbocycles. The molecule has 0 atom stereocenters. The van der Waals surface area contributed by atoms with Crippen LogP contribution in [0.2, 0.25) is 0 Å². The van der Waals surface area contributed by atoms with Gasteiger partial charge in [0.1, 0.15) is 5.75 Å². The molecule has 0 aliphatic carbocycles. The molecule has 1 aromatic rings. The molecule has 0 saturated heterocycles. The Morgan fingerprint density at radius 2 is 1.68 bits per heavy atom. The molecule has 1 rings (SSSR count). The second kappa shape index (κ2) is 9.82. The molecule has 108 valence electrons. The fourth-order valence-electron chi connectivity index (χ4n) is 1.85. The summed E-state index contributed by atoms with van der Waals surface area (Å²) >= 11 is 0. The molecule has 0 heterocycles. The fourth-order valence-corrected chi connectivity index (χ4v) is 1.85. The molecule has 0 spiro atoms. The summed E-state index contributed by atoms with van der Waals surface area (Å²) in [7, 11) is 0. The van der Waals surface area contributed by atoms with Crippen LogP contribution < -0.4 is 4.74 Å². The summed E-state index contributed by atoms with van der Waals surface area (Å²) in [5, 5.41) is 0. The highest BCUT2D eigenvalue weighted by atomic mass is 35.5. The van der Waals surface area contributed by atoms with E-state index in [1.807, 2.05) is 31.2 Å². The third-order valence-electron chi connectivity index (χ3n) is 3.04. The van der Waals surface area contributed by atoms with Gasteiger partial charge in [-0.25, -0.2) is 0 Å². The lowest BCUT2D eigenvalue weighted by molar-refractivity contribution is 0.0966. The van der Waals surface area contributed by atoms with Crippen LogP contribution in [0.3, 0.4) is 0 Å². The van der Waals surface area contributed by atoms with Gasteiger partial charge in [-0.15, -0.1) is 12.4 Å². The van der Waals surface area contributed by atoms with Crippen molar-refractivity contribution in [3.05, 3.63) is 29.8 Å². The quantitative estimate of drug-likeness (QED) is 0.686. The first-order chi connectivity index (χ1) is 8.71. The summed E-state index contributed by atoms with van der Waals surface area (Å²) in [6.07, 6.45) is 0.579. The molecule has 0 aromatic heterocycles. The van der Waals surface area contributed by atoms with Crippen LogP contribution in [0.4, 0.5) is 0 Å². The summed E-state index contributed by atoms with van der Waals surface area (Å²) in [4.78, 5) is 14.2. The van der Waals surface area contributed by atoms with Crippen LogP contribution >= 0.6 is 12.4 Å². The average molecular weight is 286 g/mol. The number of hydrogen-bond acceptors (Lipinski definition) is 3. The van der Waals surface area contributed by atoms with Crippen LogP contribution in [-0.2, 0) is 0 Å². The Morgan fingerprint density at radius 3 is 2.16 bits per heavy atom. The maximum Gasteiger partial charge on any atom is 0.164 e. The van der Waals surface area contributed by atoms with Crippen LogP contribution in [0.5, 0.6) is 5.75 Å². The van der Waals surface area contributed by atoms with Gasteiger partial charge in [0.15, 0.2) is 5.78 Å². The van der Waals surface area contributed by atoms with E-state index < -0.39 is 0 Å². The Hall–Kier alpha value is -1.06. The van der Waals surface area contributed by atoms with E-state index in [0.717, 1.165) is 30.9 Å². The molecule has 0 amide bonds. The third-order valence-corrected chi connectivity index (χ3v) is 3.04. The van der Waals surface area contributed by atoms with Gasteiger partial charge in [-0.1, -0.05) is 13.8 Å². The Kier molecular flexibility index (Phi) is 9.27. The number of Topliss-reactive ketones (excluding diaryl/α,β-unsaturated/α-hetero) is 1. The van der Waals surface area contributed by atoms with Crippen LogP contribution in [0.15, 0.2) is 24.3 Å². The minimum absolute atomic E-state index is 0. The molecule has 0 N–H and O–H groups in total. The minimum atomic E-state index is 0. The third kappa shape index (κ3) is 6.08. The second-order valence-corrected chi connectivity index (χ2v) is 4.16. The number of carbonyl (C=O) groups is 1. The number of ketones is 1. The monoisotopic (exact) mass is 285 g/mol. The van der Waals surface area contributed by atoms with Gasteiger partial charge >= 0.3 is 0 Å². The number of nitrogens with zero attached hydrogens (tertiary/aromatic N) is 1. The summed E-state index contributed by atoms with van der Waals surface area (Å²) < 4.78 is 5.35. The fraction of sp³-hybridized carbons (Fsp3) is 0.533. The first kappa shape index (κ1) is 17.9. The SMILES string of the molecule is CCOc1ccc(C(=O)CCN(CC)CC)cc1.Cl. The molecule has 0 fully saturated rings. The lowest BCUT2D eigenvalue weighted by Crippen LogP contribution is -2.25. The van der Waals surface area contributed by atoms with E-state index in [1.165, 1.54) is 0 Å². The zero-order chi connectivity index (χ0) is 13.4. The van der Waals surface area contributed by atoms with Crippen molar-refractivity contribution in [3.8, 4) is 5.75 Å². The molecule has 0 saturated carbocycles. The smallest absolute Gasteiger partial charge is 0.164 e. The van der Waals surface area contributed by atoms with E-state index in [-0.39, 0.29) is 18.2 Å². The Balaban J connectivity index is 0.00000324. The van der Waals surface area contributed by atoms with Gasteiger partial charge in [0.2, 0.25) is 0 Å². The van der Waals surface area contributed by atoms with Crippen molar-refractivity contribution in [1.29, 1.82) is 0 Å². The largest absolute Gasteiger partial charge is 0.494 e. The Labute approximate surface area is 122 Å². The molecular formula is C15H24ClNO2. The minimum Gasteiger partial charge on any atom is -0.494 e. The van der Waals surface area contributed by atoms with Gasteiger partial charge in [-0.05, 0) is 44.3 Å². The first-order valence-electron chi connectivity index (χ1n) is 6.69. The molecular weight excluding hydrogens is 262 g/mol. The predicted molar refractivity (Wildman–Crippen MR) is 81.6 cm³/mol. The van der Waals surface area contributed by atoms with Crippen molar-refractivity contribution in [2.24, 2.45) is 0 Å². The first-order valence-corrected chi connectivity index (χ1v) is 6.69. The molecule has 0 aliphatic heterocycles. The van der Waals surface area contributed by atoms with Crippen LogP contribution in [0.25, 0.3) is 0 Å². The van der Waals surface area contributed by atoms with E-state index in [1.54, 1.807) is 0 Å². The average Bonchev–Trinajstić information content (AvgIpc) is 2.41. The summed E-state index contributed by atoms with van der Waals surface area (Å²) in [6, 6.07) is 7.40. The van der Waals surface area contributed by atoms with Gasteiger partial charge in [0.05, 0.1) is 6.61 Å². The highest BCUT2D eigenvalue weighted by Crippen LogP contribution is 2.13. The van der Waals surface area contributed by atoms with Crippen molar-refractivity contribution in [2.45, 2.75) is 27.2 Å². The number of benzene rings is 1. The van der Waals surface area contributed by atoms with Crippen molar-refractivity contribution in [3.63, 3.8) is 0 Å². The topological polar surface area (TPSA) is 29.5 Å². The lowest BCUT2D eigenvalue weighted by Gasteiger charge is -2.17. The van der Waals surface area contributed by atoms with Gasteiger partial charge in [-0.2, -0.15) is 0 Å². The van der Waals surface area contributed by atoms with Gasteiger partial charge in [0, 0.05) is 18.5 Å². The molecule has 0 radical (unpaired) electrons. The van der Waals surface area contributed by atoms with E-state index in [4.69, 9.17) is 4.74 Å². The van der Waals surface area contributed by atoms with E-state index >= 15 is 0 Å². The van der Waals surface area contributed by atoms with E-state index in [0.29, 0.717) is 13.0 Å². The van der Waals surface area contributed by atoms with Crippen molar-refractivity contribution < 1.29 is 9.53 Å². The molecule has 0 unspecified atom stereocenters. The summed E-state index contributed by atoms with van der Waals surface area (Å²) in [6.45, 7) is 9.65. The highest BCUT2D eigenvalue weighted by Gasteiger charge is 2.08. The number of ether oxygens (including phenoxy) is 1. The van der Waals surface area contributed by atoms with Crippen molar-refractivity contribution >= 4 is 18.2 Å². The number of halogens is 1. The van der Waals surface area contributed by atoms with Crippen molar-refractivity contribution in [1.82, 2.24) is 4.90 Å². The second-order valence-electron chi connectivity index (χ2n) is 4.16. The highest BCUT2D eigenvalue weighted by molar-refractivity contribution is 5.96. The molecule has 3 nitrogen and oxygen atoms in total. The van der Waals surface area contributed by atoms with E-state index in [2.05, 4.69) is 18.7 Å². The van der Waals surface area contributed by atoms with Crippen LogP contribution in [-0.4, -0.2) is 36.9 Å². The Morgan fingerprint density at radius 1 is 1.11 bits per heavy atom.